The molecule has 0 saturated heterocycles. The highest BCUT2D eigenvalue weighted by Gasteiger charge is 2.04. The summed E-state index contributed by atoms with van der Waals surface area (Å²) in [6, 6.07) is 14.0. The fourth-order valence-electron chi connectivity index (χ4n) is 2.10. The summed E-state index contributed by atoms with van der Waals surface area (Å²) in [5, 5.41) is 0. The second-order valence-electron chi connectivity index (χ2n) is 5.30. The number of carbonyl (C=O) groups is 2. The third-order valence-electron chi connectivity index (χ3n) is 3.50. The van der Waals surface area contributed by atoms with Gasteiger partial charge in [-0.1, -0.05) is 24.3 Å². The van der Waals surface area contributed by atoms with Crippen molar-refractivity contribution in [1.82, 2.24) is 0 Å². The minimum Gasteiger partial charge on any atom is -0.465 e. The molecule has 0 radical (unpaired) electrons. The van der Waals surface area contributed by atoms with E-state index in [9.17, 15) is 9.59 Å². The lowest BCUT2D eigenvalue weighted by Gasteiger charge is -1.99. The fourth-order valence-corrected chi connectivity index (χ4v) is 2.10. The number of aliphatic imine (C=N–C) groups is 2. The Morgan fingerprint density at radius 3 is 1.38 bits per heavy atom. The normalized spacial score (nSPS) is 11.0. The number of ether oxygens (including phenoxy) is 2. The molecule has 0 atom stereocenters. The van der Waals surface area contributed by atoms with E-state index in [1.54, 1.807) is 36.7 Å². The van der Waals surface area contributed by atoms with Crippen LogP contribution in [0.3, 0.4) is 0 Å². The second kappa shape index (κ2) is 9.88. The van der Waals surface area contributed by atoms with Crippen molar-refractivity contribution < 1.29 is 19.1 Å². The standard InChI is InChI=1S/C20H20N2O4/c1-25-19(23)17-7-3-15(4-8-17)13-21-11-12-22-14-16-5-9-18(10-6-16)20(24)26-2/h3-10,13-14H,11-12H2,1-2H3/b21-13+,22-14+. The number of carbonyl (C=O) groups excluding carboxylic acids is 2. The average Bonchev–Trinajstić information content (AvgIpc) is 2.70. The van der Waals surface area contributed by atoms with Gasteiger partial charge in [0.25, 0.3) is 0 Å². The van der Waals surface area contributed by atoms with Crippen molar-refractivity contribution in [2.45, 2.75) is 0 Å². The topological polar surface area (TPSA) is 77.3 Å². The van der Waals surface area contributed by atoms with Gasteiger partial charge in [0.1, 0.15) is 0 Å². The van der Waals surface area contributed by atoms with E-state index in [-0.39, 0.29) is 11.9 Å². The molecule has 26 heavy (non-hydrogen) atoms. The lowest BCUT2D eigenvalue weighted by Crippen LogP contribution is -2.01. The van der Waals surface area contributed by atoms with Gasteiger partial charge in [0.2, 0.25) is 0 Å². The molecular formula is C20H20N2O4. The maximum Gasteiger partial charge on any atom is 0.337 e. The van der Waals surface area contributed by atoms with E-state index >= 15 is 0 Å². The molecule has 0 heterocycles. The number of benzene rings is 2. The molecule has 0 saturated carbocycles. The molecule has 0 spiro atoms. The first-order valence-electron chi connectivity index (χ1n) is 8.00. The summed E-state index contributed by atoms with van der Waals surface area (Å²) in [4.78, 5) is 31.3. The van der Waals surface area contributed by atoms with Crippen LogP contribution in [0, 0.1) is 0 Å². The van der Waals surface area contributed by atoms with Gasteiger partial charge in [-0.25, -0.2) is 9.59 Å². The van der Waals surface area contributed by atoms with E-state index in [2.05, 4.69) is 19.5 Å². The van der Waals surface area contributed by atoms with Crippen molar-refractivity contribution in [3.05, 3.63) is 70.8 Å². The minimum absolute atomic E-state index is 0.359. The van der Waals surface area contributed by atoms with Gasteiger partial charge >= 0.3 is 11.9 Å². The molecule has 0 aromatic heterocycles. The Kier molecular flexibility index (Phi) is 7.24. The van der Waals surface area contributed by atoms with Gasteiger partial charge in [-0.2, -0.15) is 0 Å². The van der Waals surface area contributed by atoms with Crippen molar-refractivity contribution >= 4 is 24.4 Å². The Balaban J connectivity index is 1.79. The molecule has 134 valence electrons. The Hall–Kier alpha value is -3.28. The predicted molar refractivity (Wildman–Crippen MR) is 100 cm³/mol. The summed E-state index contributed by atoms with van der Waals surface area (Å²) in [5.74, 6) is -0.718. The number of esters is 2. The van der Waals surface area contributed by atoms with E-state index in [1.807, 2.05) is 24.3 Å². The van der Waals surface area contributed by atoms with Gasteiger partial charge in [0, 0.05) is 12.4 Å². The molecule has 0 fully saturated rings. The predicted octanol–water partition coefficient (Wildman–Crippen LogP) is 2.80. The van der Waals surface area contributed by atoms with Crippen LogP contribution < -0.4 is 0 Å². The van der Waals surface area contributed by atoms with Crippen LogP contribution in [-0.2, 0) is 9.47 Å². The zero-order chi connectivity index (χ0) is 18.8. The highest BCUT2D eigenvalue weighted by atomic mass is 16.5. The van der Waals surface area contributed by atoms with Crippen LogP contribution in [0.2, 0.25) is 0 Å². The van der Waals surface area contributed by atoms with Crippen molar-refractivity contribution in [2.75, 3.05) is 27.3 Å². The van der Waals surface area contributed by atoms with E-state index in [0.717, 1.165) is 11.1 Å². The maximum absolute atomic E-state index is 11.3. The van der Waals surface area contributed by atoms with Crippen LogP contribution >= 0.6 is 0 Å². The van der Waals surface area contributed by atoms with Gasteiger partial charge in [-0.05, 0) is 35.4 Å². The van der Waals surface area contributed by atoms with Gasteiger partial charge in [0.05, 0.1) is 38.4 Å². The second-order valence-corrected chi connectivity index (χ2v) is 5.30. The lowest BCUT2D eigenvalue weighted by atomic mass is 10.1. The molecule has 0 unspecified atom stereocenters. The smallest absolute Gasteiger partial charge is 0.337 e. The summed E-state index contributed by atoms with van der Waals surface area (Å²) in [7, 11) is 2.71. The monoisotopic (exact) mass is 352 g/mol. The Labute approximate surface area is 152 Å². The molecule has 0 aliphatic heterocycles. The largest absolute Gasteiger partial charge is 0.465 e. The number of methoxy groups -OCH3 is 2. The summed E-state index contributed by atoms with van der Waals surface area (Å²) >= 11 is 0. The highest BCUT2D eigenvalue weighted by molar-refractivity contribution is 5.91. The minimum atomic E-state index is -0.359. The Bertz CT molecular complexity index is 724. The van der Waals surface area contributed by atoms with Crippen LogP contribution in [0.5, 0.6) is 0 Å². The number of hydrogen-bond donors (Lipinski definition) is 0. The van der Waals surface area contributed by atoms with Gasteiger partial charge in [-0.3, -0.25) is 9.98 Å². The zero-order valence-corrected chi connectivity index (χ0v) is 14.7. The maximum atomic E-state index is 11.3. The van der Waals surface area contributed by atoms with Crippen LogP contribution in [-0.4, -0.2) is 51.7 Å². The quantitative estimate of drug-likeness (QED) is 0.436. The fraction of sp³-hybridized carbons (Fsp3) is 0.200. The number of hydrogen-bond acceptors (Lipinski definition) is 6. The summed E-state index contributed by atoms with van der Waals surface area (Å²) < 4.78 is 9.30. The molecule has 0 N–H and O–H groups in total. The van der Waals surface area contributed by atoms with E-state index in [4.69, 9.17) is 0 Å². The molecule has 2 aromatic carbocycles. The van der Waals surface area contributed by atoms with Gasteiger partial charge in [-0.15, -0.1) is 0 Å². The van der Waals surface area contributed by atoms with Gasteiger partial charge in [0.15, 0.2) is 0 Å². The van der Waals surface area contributed by atoms with Crippen LogP contribution in [0.1, 0.15) is 31.8 Å². The molecule has 0 aliphatic carbocycles. The zero-order valence-electron chi connectivity index (χ0n) is 14.7. The van der Waals surface area contributed by atoms with Crippen molar-refractivity contribution in [1.29, 1.82) is 0 Å². The molecule has 6 heteroatoms. The highest BCUT2D eigenvalue weighted by Crippen LogP contribution is 2.05. The molecule has 6 nitrogen and oxygen atoms in total. The van der Waals surface area contributed by atoms with Crippen LogP contribution in [0.15, 0.2) is 58.5 Å². The van der Waals surface area contributed by atoms with E-state index in [1.165, 1.54) is 14.2 Å². The first-order chi connectivity index (χ1) is 12.6. The molecule has 2 aromatic rings. The number of rotatable bonds is 7. The van der Waals surface area contributed by atoms with E-state index < -0.39 is 0 Å². The molecule has 0 amide bonds. The Morgan fingerprint density at radius 2 is 1.08 bits per heavy atom. The third-order valence-corrected chi connectivity index (χ3v) is 3.50. The number of nitrogens with zero attached hydrogens (tertiary/aromatic N) is 2. The summed E-state index contributed by atoms with van der Waals surface area (Å²) in [6.45, 7) is 1.10. The Morgan fingerprint density at radius 1 is 0.731 bits per heavy atom. The molecule has 2 rings (SSSR count). The summed E-state index contributed by atoms with van der Waals surface area (Å²) in [5.41, 5.74) is 2.82. The first-order valence-corrected chi connectivity index (χ1v) is 8.00. The van der Waals surface area contributed by atoms with Crippen LogP contribution in [0.4, 0.5) is 0 Å². The van der Waals surface area contributed by atoms with Crippen molar-refractivity contribution in [2.24, 2.45) is 9.98 Å². The first kappa shape index (κ1) is 19.1. The lowest BCUT2D eigenvalue weighted by molar-refractivity contribution is 0.0592. The van der Waals surface area contributed by atoms with E-state index in [0.29, 0.717) is 24.2 Å². The molecular weight excluding hydrogens is 332 g/mol. The SMILES string of the molecule is COC(=O)c1ccc(/C=N/CC/N=C/c2ccc(C(=O)OC)cc2)cc1. The summed E-state index contributed by atoms with van der Waals surface area (Å²) in [6.07, 6.45) is 3.48. The third kappa shape index (κ3) is 5.66. The van der Waals surface area contributed by atoms with Crippen molar-refractivity contribution in [3.8, 4) is 0 Å². The van der Waals surface area contributed by atoms with Gasteiger partial charge < -0.3 is 9.47 Å². The van der Waals surface area contributed by atoms with Crippen molar-refractivity contribution in [3.63, 3.8) is 0 Å². The molecule has 0 aliphatic rings. The molecule has 0 bridgehead atoms. The average molecular weight is 352 g/mol. The van der Waals surface area contributed by atoms with Crippen LogP contribution in [0.25, 0.3) is 0 Å².